The van der Waals surface area contributed by atoms with Crippen molar-refractivity contribution in [3.8, 4) is 0 Å². The highest BCUT2D eigenvalue weighted by Crippen LogP contribution is 2.16. The Balaban J connectivity index is 1.80. The minimum Gasteiger partial charge on any atom is -0.382 e. The molecule has 1 saturated heterocycles. The molecule has 6 nitrogen and oxygen atoms in total. The van der Waals surface area contributed by atoms with E-state index in [9.17, 15) is 4.79 Å². The maximum atomic E-state index is 11.6. The minimum atomic E-state index is 0.131. The Morgan fingerprint density at radius 2 is 2.44 bits per heavy atom. The Morgan fingerprint density at radius 3 is 3.11 bits per heavy atom. The number of nitrogens with one attached hydrogen (secondary N) is 1. The number of nitrogens with two attached hydrogens (primary N) is 1. The number of amides is 1. The highest BCUT2D eigenvalue weighted by Gasteiger charge is 2.24. The maximum absolute atomic E-state index is 11.6. The van der Waals surface area contributed by atoms with Gasteiger partial charge in [0.05, 0.1) is 12.5 Å². The third-order valence-electron chi connectivity index (χ3n) is 3.43. The molecular weight excluding hydrogens is 230 g/mol. The van der Waals surface area contributed by atoms with Crippen molar-refractivity contribution in [2.45, 2.75) is 19.4 Å². The number of likely N-dealkylation sites (tertiary alicyclic amines) is 1. The molecule has 1 aromatic rings. The van der Waals surface area contributed by atoms with Gasteiger partial charge in [0.1, 0.15) is 5.82 Å². The van der Waals surface area contributed by atoms with Gasteiger partial charge in [-0.05, 0) is 25.5 Å². The predicted octanol–water partition coefficient (Wildman–Crippen LogP) is -0.0767. The van der Waals surface area contributed by atoms with Gasteiger partial charge in [-0.25, -0.2) is 0 Å². The van der Waals surface area contributed by atoms with Gasteiger partial charge >= 0.3 is 0 Å². The zero-order chi connectivity index (χ0) is 13.0. The lowest BCUT2D eigenvalue weighted by Crippen LogP contribution is -2.43. The Bertz CT molecular complexity index is 403. The summed E-state index contributed by atoms with van der Waals surface area (Å²) < 4.78 is 1.85. The molecule has 2 rings (SSSR count). The van der Waals surface area contributed by atoms with Gasteiger partial charge in [-0.3, -0.25) is 9.48 Å². The molecule has 1 aliphatic rings. The maximum Gasteiger partial charge on any atom is 0.224 e. The number of nitrogen functional groups attached to an aromatic ring is 1. The number of anilines is 1. The Morgan fingerprint density at radius 1 is 1.61 bits per heavy atom. The molecule has 1 unspecified atom stereocenters. The zero-order valence-corrected chi connectivity index (χ0v) is 10.8. The smallest absolute Gasteiger partial charge is 0.224 e. The summed E-state index contributed by atoms with van der Waals surface area (Å²) in [7, 11) is 1.70. The Hall–Kier alpha value is -1.56. The third-order valence-corrected chi connectivity index (χ3v) is 3.43. The summed E-state index contributed by atoms with van der Waals surface area (Å²) >= 11 is 0. The van der Waals surface area contributed by atoms with Crippen LogP contribution in [-0.2, 0) is 11.3 Å². The SMILES string of the molecule is CNC(=O)C1CCCN(CCn2ccc(N)n2)C1. The van der Waals surface area contributed by atoms with Gasteiger partial charge in [0.2, 0.25) is 5.91 Å². The van der Waals surface area contributed by atoms with Crippen LogP contribution in [0.5, 0.6) is 0 Å². The second kappa shape index (κ2) is 5.86. The normalized spacial score (nSPS) is 20.8. The molecule has 2 heterocycles. The van der Waals surface area contributed by atoms with Crippen LogP contribution in [0.25, 0.3) is 0 Å². The standard InChI is InChI=1S/C12H21N5O/c1-14-12(18)10-3-2-5-16(9-10)7-8-17-6-4-11(13)15-17/h4,6,10H,2-3,5,7-9H2,1H3,(H2,13,15)(H,14,18). The lowest BCUT2D eigenvalue weighted by molar-refractivity contribution is -0.126. The lowest BCUT2D eigenvalue weighted by Gasteiger charge is -2.31. The van der Waals surface area contributed by atoms with Crippen LogP contribution in [-0.4, -0.2) is 47.3 Å². The van der Waals surface area contributed by atoms with Crippen LogP contribution in [0.3, 0.4) is 0 Å². The molecule has 0 aliphatic carbocycles. The largest absolute Gasteiger partial charge is 0.382 e. The van der Waals surface area contributed by atoms with E-state index in [1.54, 1.807) is 13.1 Å². The van der Waals surface area contributed by atoms with Gasteiger partial charge in [-0.15, -0.1) is 0 Å². The highest BCUT2D eigenvalue weighted by molar-refractivity contribution is 5.78. The van der Waals surface area contributed by atoms with Crippen LogP contribution in [0.2, 0.25) is 0 Å². The van der Waals surface area contributed by atoms with Gasteiger partial charge in [0, 0.05) is 26.3 Å². The second-order valence-electron chi connectivity index (χ2n) is 4.76. The Kier molecular flexibility index (Phi) is 4.19. The first-order chi connectivity index (χ1) is 8.69. The number of hydrogen-bond acceptors (Lipinski definition) is 4. The molecule has 1 aliphatic heterocycles. The van der Waals surface area contributed by atoms with E-state index in [1.165, 1.54) is 0 Å². The topological polar surface area (TPSA) is 76.2 Å². The van der Waals surface area contributed by atoms with Crippen molar-refractivity contribution < 1.29 is 4.79 Å². The van der Waals surface area contributed by atoms with E-state index in [2.05, 4.69) is 15.3 Å². The molecule has 1 aromatic heterocycles. The van der Waals surface area contributed by atoms with E-state index >= 15 is 0 Å². The number of rotatable bonds is 4. The first-order valence-corrected chi connectivity index (χ1v) is 6.42. The van der Waals surface area contributed by atoms with Crippen LogP contribution in [0.1, 0.15) is 12.8 Å². The molecule has 1 atom stereocenters. The lowest BCUT2D eigenvalue weighted by atomic mass is 9.97. The summed E-state index contributed by atoms with van der Waals surface area (Å²) in [6.07, 6.45) is 3.96. The fraction of sp³-hybridized carbons (Fsp3) is 0.667. The number of piperidine rings is 1. The molecule has 1 fully saturated rings. The first kappa shape index (κ1) is 12.9. The van der Waals surface area contributed by atoms with Crippen molar-refractivity contribution in [1.82, 2.24) is 20.0 Å². The monoisotopic (exact) mass is 251 g/mol. The summed E-state index contributed by atoms with van der Waals surface area (Å²) in [6, 6.07) is 1.80. The number of nitrogens with zero attached hydrogens (tertiary/aromatic N) is 3. The first-order valence-electron chi connectivity index (χ1n) is 6.42. The molecule has 6 heteroatoms. The van der Waals surface area contributed by atoms with Gasteiger partial charge in [-0.2, -0.15) is 5.10 Å². The van der Waals surface area contributed by atoms with Crippen molar-refractivity contribution in [2.24, 2.45) is 5.92 Å². The highest BCUT2D eigenvalue weighted by atomic mass is 16.1. The second-order valence-corrected chi connectivity index (χ2v) is 4.76. The van der Waals surface area contributed by atoms with Crippen molar-refractivity contribution in [3.05, 3.63) is 12.3 Å². The average Bonchev–Trinajstić information content (AvgIpc) is 2.81. The summed E-state index contributed by atoms with van der Waals surface area (Å²) in [4.78, 5) is 13.9. The van der Waals surface area contributed by atoms with Gasteiger partial charge in [0.15, 0.2) is 0 Å². The van der Waals surface area contributed by atoms with E-state index in [0.29, 0.717) is 5.82 Å². The summed E-state index contributed by atoms with van der Waals surface area (Å²) in [5.41, 5.74) is 5.57. The molecule has 0 aromatic carbocycles. The fourth-order valence-corrected chi connectivity index (χ4v) is 2.42. The van der Waals surface area contributed by atoms with Gasteiger partial charge in [-0.1, -0.05) is 0 Å². The van der Waals surface area contributed by atoms with Crippen LogP contribution in [0.15, 0.2) is 12.3 Å². The molecule has 3 N–H and O–H groups in total. The molecule has 0 saturated carbocycles. The van der Waals surface area contributed by atoms with E-state index in [4.69, 9.17) is 5.73 Å². The number of aromatic nitrogens is 2. The average molecular weight is 251 g/mol. The quantitative estimate of drug-likeness (QED) is 0.785. The van der Waals surface area contributed by atoms with E-state index in [-0.39, 0.29) is 11.8 Å². The fourth-order valence-electron chi connectivity index (χ4n) is 2.42. The van der Waals surface area contributed by atoms with Crippen molar-refractivity contribution in [2.75, 3.05) is 32.4 Å². The van der Waals surface area contributed by atoms with Crippen LogP contribution >= 0.6 is 0 Å². The number of hydrogen-bond donors (Lipinski definition) is 2. The molecule has 100 valence electrons. The van der Waals surface area contributed by atoms with Crippen molar-refractivity contribution in [3.63, 3.8) is 0 Å². The van der Waals surface area contributed by atoms with Crippen molar-refractivity contribution >= 4 is 11.7 Å². The van der Waals surface area contributed by atoms with E-state index in [1.807, 2.05) is 10.9 Å². The van der Waals surface area contributed by atoms with Crippen molar-refractivity contribution in [1.29, 1.82) is 0 Å². The molecule has 0 bridgehead atoms. The molecule has 0 spiro atoms. The molecule has 1 amide bonds. The summed E-state index contributed by atoms with van der Waals surface area (Å²) in [5.74, 6) is 0.839. The molecular formula is C12H21N5O. The third kappa shape index (κ3) is 3.22. The predicted molar refractivity (Wildman–Crippen MR) is 69.9 cm³/mol. The van der Waals surface area contributed by atoms with Gasteiger partial charge < -0.3 is 16.0 Å². The van der Waals surface area contributed by atoms with Crippen LogP contribution < -0.4 is 11.1 Å². The van der Waals surface area contributed by atoms with Crippen LogP contribution in [0, 0.1) is 5.92 Å². The van der Waals surface area contributed by atoms with E-state index < -0.39 is 0 Å². The summed E-state index contributed by atoms with van der Waals surface area (Å²) in [5, 5.41) is 6.89. The van der Waals surface area contributed by atoms with Crippen LogP contribution in [0.4, 0.5) is 5.82 Å². The number of carbonyl (C=O) groups excluding carboxylic acids is 1. The summed E-state index contributed by atoms with van der Waals surface area (Å²) in [6.45, 7) is 3.63. The minimum absolute atomic E-state index is 0.131. The zero-order valence-electron chi connectivity index (χ0n) is 10.8. The molecule has 18 heavy (non-hydrogen) atoms. The molecule has 0 radical (unpaired) electrons. The van der Waals surface area contributed by atoms with Gasteiger partial charge in [0.25, 0.3) is 0 Å². The Labute approximate surface area is 107 Å². The number of carbonyl (C=O) groups is 1. The van der Waals surface area contributed by atoms with E-state index in [0.717, 1.165) is 39.0 Å².